The maximum Gasteiger partial charge on any atom is 0.483 e. The minimum atomic E-state index is -4.01. The molecule has 0 heterocycles. The zero-order valence-electron chi connectivity index (χ0n) is 12.5. The molecule has 0 fully saturated rings. The molecule has 0 rings (SSSR count). The molecule has 0 saturated heterocycles. The molecule has 0 amide bonds. The SMILES string of the molecule is C=C(C)CCOP(=O)(OCC)OP(=O)(OCC)OCC. The third-order valence-electron chi connectivity index (χ3n) is 1.84. The molecule has 0 N–H and O–H groups in total. The Morgan fingerprint density at radius 3 is 1.65 bits per heavy atom. The average Bonchev–Trinajstić information content (AvgIpc) is 2.28. The number of phosphoric acid groups is 2. The van der Waals surface area contributed by atoms with Crippen molar-refractivity contribution < 1.29 is 31.5 Å². The van der Waals surface area contributed by atoms with E-state index in [0.29, 0.717) is 6.42 Å². The van der Waals surface area contributed by atoms with Crippen LogP contribution in [-0.2, 0) is 31.5 Å². The van der Waals surface area contributed by atoms with Gasteiger partial charge in [0.25, 0.3) is 0 Å². The lowest BCUT2D eigenvalue weighted by molar-refractivity contribution is 0.117. The van der Waals surface area contributed by atoms with Crippen molar-refractivity contribution in [1.82, 2.24) is 0 Å². The van der Waals surface area contributed by atoms with E-state index in [2.05, 4.69) is 6.58 Å². The van der Waals surface area contributed by atoms with Gasteiger partial charge in [-0.2, -0.15) is 4.31 Å². The Bertz CT molecular complexity index is 373. The third-order valence-corrected chi connectivity index (χ3v) is 5.66. The highest BCUT2D eigenvalue weighted by atomic mass is 31.3. The monoisotopic (exact) mass is 330 g/mol. The highest BCUT2D eigenvalue weighted by Crippen LogP contribution is 2.65. The summed E-state index contributed by atoms with van der Waals surface area (Å²) in [6, 6.07) is 0. The highest BCUT2D eigenvalue weighted by molar-refractivity contribution is 7.62. The number of hydrogen-bond acceptors (Lipinski definition) is 7. The number of hydrogen-bond donors (Lipinski definition) is 0. The zero-order valence-corrected chi connectivity index (χ0v) is 14.3. The molecule has 0 radical (unpaired) electrons. The van der Waals surface area contributed by atoms with Crippen LogP contribution in [0.2, 0.25) is 0 Å². The summed E-state index contributed by atoms with van der Waals surface area (Å²) in [5.41, 5.74) is 0.853. The summed E-state index contributed by atoms with van der Waals surface area (Å²) in [5, 5.41) is 0. The van der Waals surface area contributed by atoms with Crippen molar-refractivity contribution in [3.05, 3.63) is 12.2 Å². The molecule has 0 spiro atoms. The molecule has 0 aliphatic rings. The summed E-state index contributed by atoms with van der Waals surface area (Å²) in [7, 11) is -7.98. The molecule has 0 aromatic heterocycles. The zero-order chi connectivity index (χ0) is 15.6. The first kappa shape index (κ1) is 20.0. The molecule has 120 valence electrons. The maximum atomic E-state index is 12.3. The lowest BCUT2D eigenvalue weighted by atomic mass is 10.3. The van der Waals surface area contributed by atoms with Crippen LogP contribution in [-0.4, -0.2) is 26.4 Å². The Morgan fingerprint density at radius 1 is 0.900 bits per heavy atom. The van der Waals surface area contributed by atoms with E-state index in [1.807, 2.05) is 0 Å². The standard InChI is InChI=1S/C11H24O7P2/c1-6-14-19(12,15-7-2)18-20(13,16-8-3)17-10-9-11(4)5/h4,6-10H2,1-3,5H3. The van der Waals surface area contributed by atoms with Gasteiger partial charge in [-0.1, -0.05) is 5.57 Å². The van der Waals surface area contributed by atoms with Crippen LogP contribution in [0.5, 0.6) is 0 Å². The second-order valence-corrected chi connectivity index (χ2v) is 7.24. The maximum absolute atomic E-state index is 12.3. The van der Waals surface area contributed by atoms with E-state index in [9.17, 15) is 9.13 Å². The van der Waals surface area contributed by atoms with Gasteiger partial charge in [-0.3, -0.25) is 18.1 Å². The van der Waals surface area contributed by atoms with E-state index in [4.69, 9.17) is 22.4 Å². The molecule has 0 saturated carbocycles. The van der Waals surface area contributed by atoms with E-state index >= 15 is 0 Å². The summed E-state index contributed by atoms with van der Waals surface area (Å²) >= 11 is 0. The Kier molecular flexibility index (Phi) is 9.85. The van der Waals surface area contributed by atoms with Crippen molar-refractivity contribution in [2.75, 3.05) is 26.4 Å². The Hall–Kier alpha value is -0.0000000000000000416. The topological polar surface area (TPSA) is 80.3 Å². The lowest BCUT2D eigenvalue weighted by Crippen LogP contribution is -2.04. The summed E-state index contributed by atoms with van der Waals surface area (Å²) in [5.74, 6) is 0. The molecule has 9 heteroatoms. The van der Waals surface area contributed by atoms with Gasteiger partial charge in [0.05, 0.1) is 26.4 Å². The molecule has 0 aliphatic carbocycles. The second kappa shape index (κ2) is 9.85. The molecule has 20 heavy (non-hydrogen) atoms. The summed E-state index contributed by atoms with van der Waals surface area (Å²) in [6.45, 7) is 10.7. The Labute approximate surface area is 120 Å². The first-order chi connectivity index (χ1) is 9.31. The largest absolute Gasteiger partial charge is 0.483 e. The van der Waals surface area contributed by atoms with Crippen LogP contribution >= 0.6 is 15.6 Å². The van der Waals surface area contributed by atoms with Gasteiger partial charge < -0.3 is 0 Å². The number of rotatable bonds is 12. The smallest absolute Gasteiger partial charge is 0.287 e. The van der Waals surface area contributed by atoms with E-state index < -0.39 is 15.6 Å². The Morgan fingerprint density at radius 2 is 1.30 bits per heavy atom. The molecule has 0 aromatic carbocycles. The van der Waals surface area contributed by atoms with E-state index in [0.717, 1.165) is 5.57 Å². The fourth-order valence-corrected chi connectivity index (χ4v) is 4.24. The van der Waals surface area contributed by atoms with Crippen LogP contribution in [0.1, 0.15) is 34.1 Å². The second-order valence-electron chi connectivity index (χ2n) is 3.77. The molecular formula is C11H24O7P2. The van der Waals surface area contributed by atoms with Gasteiger partial charge in [0.15, 0.2) is 0 Å². The van der Waals surface area contributed by atoms with Crippen molar-refractivity contribution in [2.24, 2.45) is 0 Å². The Balaban J connectivity index is 4.81. The predicted octanol–water partition coefficient (Wildman–Crippen LogP) is 4.31. The van der Waals surface area contributed by atoms with Gasteiger partial charge in [-0.05, 0) is 34.1 Å². The summed E-state index contributed by atoms with van der Waals surface area (Å²) < 4.78 is 49.3. The van der Waals surface area contributed by atoms with E-state index in [1.54, 1.807) is 27.7 Å². The minimum absolute atomic E-state index is 0.0720. The van der Waals surface area contributed by atoms with Gasteiger partial charge in [-0.15, -0.1) is 6.58 Å². The third kappa shape index (κ3) is 8.32. The van der Waals surface area contributed by atoms with Gasteiger partial charge in [-0.25, -0.2) is 9.13 Å². The quantitative estimate of drug-likeness (QED) is 0.389. The molecule has 1 unspecified atom stereocenters. The number of phosphoric ester groups is 2. The van der Waals surface area contributed by atoms with Gasteiger partial charge in [0, 0.05) is 0 Å². The van der Waals surface area contributed by atoms with Crippen LogP contribution in [0.25, 0.3) is 0 Å². The summed E-state index contributed by atoms with van der Waals surface area (Å²) in [4.78, 5) is 0. The fraction of sp³-hybridized carbons (Fsp3) is 0.818. The first-order valence-corrected chi connectivity index (χ1v) is 9.36. The van der Waals surface area contributed by atoms with Crippen molar-refractivity contribution in [2.45, 2.75) is 34.1 Å². The predicted molar refractivity (Wildman–Crippen MR) is 76.6 cm³/mol. The molecule has 1 atom stereocenters. The highest BCUT2D eigenvalue weighted by Gasteiger charge is 2.39. The molecule has 7 nitrogen and oxygen atoms in total. The molecule has 0 bridgehead atoms. The van der Waals surface area contributed by atoms with Crippen LogP contribution in [0.15, 0.2) is 12.2 Å². The summed E-state index contributed by atoms with van der Waals surface area (Å²) in [6.07, 6.45) is 0.480. The lowest BCUT2D eigenvalue weighted by Gasteiger charge is -2.22. The van der Waals surface area contributed by atoms with Crippen LogP contribution < -0.4 is 0 Å². The van der Waals surface area contributed by atoms with Crippen LogP contribution in [0.4, 0.5) is 0 Å². The first-order valence-electron chi connectivity index (χ1n) is 6.44. The average molecular weight is 330 g/mol. The van der Waals surface area contributed by atoms with Crippen molar-refractivity contribution in [3.63, 3.8) is 0 Å². The van der Waals surface area contributed by atoms with E-state index in [-0.39, 0.29) is 26.4 Å². The van der Waals surface area contributed by atoms with Gasteiger partial charge in [0.2, 0.25) is 0 Å². The van der Waals surface area contributed by atoms with Crippen LogP contribution in [0.3, 0.4) is 0 Å². The van der Waals surface area contributed by atoms with E-state index in [1.165, 1.54) is 0 Å². The molecular weight excluding hydrogens is 306 g/mol. The van der Waals surface area contributed by atoms with Crippen molar-refractivity contribution in [1.29, 1.82) is 0 Å². The minimum Gasteiger partial charge on any atom is -0.287 e. The van der Waals surface area contributed by atoms with Crippen LogP contribution in [0, 0.1) is 0 Å². The van der Waals surface area contributed by atoms with Gasteiger partial charge >= 0.3 is 15.6 Å². The normalized spacial score (nSPS) is 15.0. The molecule has 0 aromatic rings. The van der Waals surface area contributed by atoms with Gasteiger partial charge in [0.1, 0.15) is 0 Å². The fourth-order valence-electron chi connectivity index (χ4n) is 1.10. The van der Waals surface area contributed by atoms with Crippen molar-refractivity contribution in [3.8, 4) is 0 Å². The molecule has 0 aliphatic heterocycles. The van der Waals surface area contributed by atoms with Crippen molar-refractivity contribution >= 4 is 15.6 Å².